The van der Waals surface area contributed by atoms with E-state index in [0.717, 1.165) is 11.1 Å². The van der Waals surface area contributed by atoms with Crippen LogP contribution < -0.4 is 5.56 Å². The summed E-state index contributed by atoms with van der Waals surface area (Å²) in [5.74, 6) is -0.0336. The summed E-state index contributed by atoms with van der Waals surface area (Å²) in [7, 11) is 1.77. The number of hydrogen-bond donors (Lipinski definition) is 0. The molecule has 0 saturated carbocycles. The topological polar surface area (TPSA) is 55.2 Å². The standard InChI is InChI=1S/C21H22ClN3O2/c1-14-5-4-6-18-20(14)23-13-25(21(18)27)12-11-19(26)24(3)15(2)16-7-9-17(22)10-8-16/h4-10,13,15H,11-12H2,1-3H3/t15-/m1/s1. The average molecular weight is 384 g/mol. The van der Waals surface area contributed by atoms with Crippen molar-refractivity contribution in [1.29, 1.82) is 0 Å². The number of carbonyl (C=O) groups is 1. The van der Waals surface area contributed by atoms with Crippen LogP contribution in [0.4, 0.5) is 0 Å². The molecule has 0 saturated heterocycles. The number of nitrogens with zero attached hydrogens (tertiary/aromatic N) is 3. The first kappa shape index (κ1) is 19.1. The quantitative estimate of drug-likeness (QED) is 0.669. The molecule has 0 aliphatic carbocycles. The lowest BCUT2D eigenvalue weighted by molar-refractivity contribution is -0.132. The van der Waals surface area contributed by atoms with E-state index in [1.54, 1.807) is 18.0 Å². The molecule has 3 aromatic rings. The summed E-state index contributed by atoms with van der Waals surface area (Å²) in [6.45, 7) is 4.19. The number of aryl methyl sites for hydroxylation is 2. The number of aromatic nitrogens is 2. The number of para-hydroxylation sites is 1. The fourth-order valence-electron chi connectivity index (χ4n) is 3.07. The molecule has 6 heteroatoms. The predicted octanol–water partition coefficient (Wildman–Crippen LogP) is 3.97. The third-order valence-electron chi connectivity index (χ3n) is 4.95. The van der Waals surface area contributed by atoms with Gasteiger partial charge in [0.15, 0.2) is 0 Å². The Balaban J connectivity index is 1.71. The SMILES string of the molecule is Cc1cccc2c(=O)n(CCC(=O)N(C)[C@H](C)c3ccc(Cl)cc3)cnc12. The summed E-state index contributed by atoms with van der Waals surface area (Å²) in [6.07, 6.45) is 1.75. The highest BCUT2D eigenvalue weighted by molar-refractivity contribution is 6.30. The third-order valence-corrected chi connectivity index (χ3v) is 5.20. The lowest BCUT2D eigenvalue weighted by Crippen LogP contribution is -2.31. The van der Waals surface area contributed by atoms with E-state index in [2.05, 4.69) is 4.98 Å². The summed E-state index contributed by atoms with van der Waals surface area (Å²) in [5.41, 5.74) is 2.56. The van der Waals surface area contributed by atoms with Crippen LogP contribution in [-0.4, -0.2) is 27.4 Å². The second-order valence-electron chi connectivity index (χ2n) is 6.70. The van der Waals surface area contributed by atoms with E-state index < -0.39 is 0 Å². The van der Waals surface area contributed by atoms with Crippen molar-refractivity contribution >= 4 is 28.4 Å². The van der Waals surface area contributed by atoms with Gasteiger partial charge in [0.2, 0.25) is 5.91 Å². The highest BCUT2D eigenvalue weighted by atomic mass is 35.5. The monoisotopic (exact) mass is 383 g/mol. The molecule has 2 aromatic carbocycles. The Morgan fingerprint density at radius 2 is 1.93 bits per heavy atom. The minimum atomic E-state index is -0.120. The Bertz CT molecular complexity index is 1030. The summed E-state index contributed by atoms with van der Waals surface area (Å²) >= 11 is 5.92. The number of hydrogen-bond acceptors (Lipinski definition) is 3. The van der Waals surface area contributed by atoms with E-state index in [1.807, 2.05) is 50.2 Å². The molecule has 1 amide bonds. The second kappa shape index (κ2) is 7.92. The molecule has 0 N–H and O–H groups in total. The van der Waals surface area contributed by atoms with Gasteiger partial charge in [-0.2, -0.15) is 0 Å². The van der Waals surface area contributed by atoms with Crippen molar-refractivity contribution in [1.82, 2.24) is 14.5 Å². The molecule has 1 aromatic heterocycles. The first-order valence-electron chi connectivity index (χ1n) is 8.84. The molecular weight excluding hydrogens is 362 g/mol. The van der Waals surface area contributed by atoms with Crippen molar-refractivity contribution in [2.45, 2.75) is 32.9 Å². The Hall–Kier alpha value is -2.66. The summed E-state index contributed by atoms with van der Waals surface area (Å²) in [4.78, 5) is 31.3. The largest absolute Gasteiger partial charge is 0.339 e. The lowest BCUT2D eigenvalue weighted by Gasteiger charge is -2.25. The number of carbonyl (C=O) groups excluding carboxylic acids is 1. The highest BCUT2D eigenvalue weighted by Gasteiger charge is 2.17. The van der Waals surface area contributed by atoms with Crippen molar-refractivity contribution in [2.24, 2.45) is 0 Å². The van der Waals surface area contributed by atoms with Gasteiger partial charge in [-0.05, 0) is 43.2 Å². The minimum absolute atomic E-state index is 0.0336. The van der Waals surface area contributed by atoms with Crippen LogP contribution in [0.2, 0.25) is 5.02 Å². The molecule has 3 rings (SSSR count). The fourth-order valence-corrected chi connectivity index (χ4v) is 3.20. The zero-order valence-corrected chi connectivity index (χ0v) is 16.4. The minimum Gasteiger partial charge on any atom is -0.339 e. The molecule has 0 unspecified atom stereocenters. The number of halogens is 1. The fraction of sp³-hybridized carbons (Fsp3) is 0.286. The molecule has 27 heavy (non-hydrogen) atoms. The summed E-state index contributed by atoms with van der Waals surface area (Å²) < 4.78 is 1.50. The number of benzene rings is 2. The van der Waals surface area contributed by atoms with E-state index in [9.17, 15) is 9.59 Å². The molecule has 1 atom stereocenters. The average Bonchev–Trinajstić information content (AvgIpc) is 2.67. The molecule has 0 radical (unpaired) electrons. The van der Waals surface area contributed by atoms with Gasteiger partial charge in [-0.25, -0.2) is 4.98 Å². The van der Waals surface area contributed by atoms with Crippen molar-refractivity contribution in [3.05, 3.63) is 75.3 Å². The molecule has 5 nitrogen and oxygen atoms in total. The van der Waals surface area contributed by atoms with Gasteiger partial charge in [0.1, 0.15) is 0 Å². The van der Waals surface area contributed by atoms with Crippen LogP contribution in [0.5, 0.6) is 0 Å². The molecule has 1 heterocycles. The Labute approximate surface area is 163 Å². The van der Waals surface area contributed by atoms with Crippen LogP contribution in [0.1, 0.15) is 30.5 Å². The van der Waals surface area contributed by atoms with Gasteiger partial charge < -0.3 is 4.90 Å². The van der Waals surface area contributed by atoms with E-state index in [-0.39, 0.29) is 23.9 Å². The van der Waals surface area contributed by atoms with Gasteiger partial charge >= 0.3 is 0 Å². The maximum absolute atomic E-state index is 12.6. The number of fused-ring (bicyclic) bond motifs is 1. The molecule has 0 bridgehead atoms. The third kappa shape index (κ3) is 4.03. The zero-order valence-electron chi connectivity index (χ0n) is 15.6. The molecule has 140 valence electrons. The highest BCUT2D eigenvalue weighted by Crippen LogP contribution is 2.21. The van der Waals surface area contributed by atoms with Gasteiger partial charge in [-0.15, -0.1) is 0 Å². The van der Waals surface area contributed by atoms with Crippen LogP contribution in [0.15, 0.2) is 53.6 Å². The van der Waals surface area contributed by atoms with Crippen LogP contribution in [0.3, 0.4) is 0 Å². The Morgan fingerprint density at radius 3 is 2.63 bits per heavy atom. The Morgan fingerprint density at radius 1 is 1.22 bits per heavy atom. The van der Waals surface area contributed by atoms with E-state index in [0.29, 0.717) is 22.5 Å². The molecule has 0 spiro atoms. The summed E-state index contributed by atoms with van der Waals surface area (Å²) in [5, 5.41) is 1.24. The first-order valence-corrected chi connectivity index (χ1v) is 9.22. The lowest BCUT2D eigenvalue weighted by atomic mass is 10.1. The van der Waals surface area contributed by atoms with Gasteiger partial charge in [-0.1, -0.05) is 35.9 Å². The van der Waals surface area contributed by atoms with E-state index >= 15 is 0 Å². The van der Waals surface area contributed by atoms with Crippen LogP contribution in [-0.2, 0) is 11.3 Å². The molecule has 0 aliphatic heterocycles. The normalized spacial score (nSPS) is 12.1. The van der Waals surface area contributed by atoms with E-state index in [4.69, 9.17) is 11.6 Å². The van der Waals surface area contributed by atoms with Gasteiger partial charge in [0.25, 0.3) is 5.56 Å². The van der Waals surface area contributed by atoms with Crippen LogP contribution >= 0.6 is 11.6 Å². The maximum atomic E-state index is 12.6. The zero-order chi connectivity index (χ0) is 19.6. The van der Waals surface area contributed by atoms with Gasteiger partial charge in [0, 0.05) is 25.0 Å². The van der Waals surface area contributed by atoms with Crippen molar-refractivity contribution in [2.75, 3.05) is 7.05 Å². The van der Waals surface area contributed by atoms with Gasteiger partial charge in [0.05, 0.1) is 23.3 Å². The van der Waals surface area contributed by atoms with Crippen molar-refractivity contribution in [3.8, 4) is 0 Å². The first-order chi connectivity index (χ1) is 12.9. The molecule has 0 aliphatic rings. The maximum Gasteiger partial charge on any atom is 0.261 e. The van der Waals surface area contributed by atoms with E-state index in [1.165, 1.54) is 10.9 Å². The molecule has 0 fully saturated rings. The number of rotatable bonds is 5. The van der Waals surface area contributed by atoms with Crippen LogP contribution in [0.25, 0.3) is 10.9 Å². The number of amides is 1. The van der Waals surface area contributed by atoms with Crippen molar-refractivity contribution in [3.63, 3.8) is 0 Å². The Kier molecular flexibility index (Phi) is 5.61. The van der Waals surface area contributed by atoms with Crippen LogP contribution in [0, 0.1) is 6.92 Å². The molecular formula is C21H22ClN3O2. The second-order valence-corrected chi connectivity index (χ2v) is 7.13. The van der Waals surface area contributed by atoms with Crippen molar-refractivity contribution < 1.29 is 4.79 Å². The summed E-state index contributed by atoms with van der Waals surface area (Å²) in [6, 6.07) is 12.9. The van der Waals surface area contributed by atoms with Gasteiger partial charge in [-0.3, -0.25) is 14.2 Å². The predicted molar refractivity (Wildman–Crippen MR) is 108 cm³/mol. The smallest absolute Gasteiger partial charge is 0.261 e.